The standard InChI is InChI=1S/C9H10FNO/c1-7(12)4-5-8-3-2-6-11-9(8)10/h2-3,6H,4-5H2,1H3. The summed E-state index contributed by atoms with van der Waals surface area (Å²) < 4.78 is 12.8. The second-order valence-electron chi connectivity index (χ2n) is 2.66. The van der Waals surface area contributed by atoms with Crippen LogP contribution in [0.2, 0.25) is 0 Å². The van der Waals surface area contributed by atoms with Crippen LogP contribution in [-0.4, -0.2) is 10.8 Å². The van der Waals surface area contributed by atoms with Crippen LogP contribution in [0.1, 0.15) is 18.9 Å². The molecule has 0 aromatic carbocycles. The Bertz CT molecular complexity index is 286. The van der Waals surface area contributed by atoms with Gasteiger partial charge in [0.05, 0.1) is 0 Å². The summed E-state index contributed by atoms with van der Waals surface area (Å²) in [6.07, 6.45) is 2.21. The van der Waals surface area contributed by atoms with Crippen LogP contribution in [-0.2, 0) is 11.2 Å². The number of aryl methyl sites for hydroxylation is 1. The van der Waals surface area contributed by atoms with Gasteiger partial charge in [0.2, 0.25) is 5.95 Å². The van der Waals surface area contributed by atoms with Gasteiger partial charge in [-0.2, -0.15) is 4.39 Å². The predicted octanol–water partition coefficient (Wildman–Crippen LogP) is 1.74. The molecule has 12 heavy (non-hydrogen) atoms. The number of rotatable bonds is 3. The molecule has 0 aliphatic carbocycles. The molecule has 1 aromatic rings. The van der Waals surface area contributed by atoms with Gasteiger partial charge in [0.25, 0.3) is 0 Å². The van der Waals surface area contributed by atoms with Crippen LogP contribution in [0.25, 0.3) is 0 Å². The fourth-order valence-corrected chi connectivity index (χ4v) is 0.917. The lowest BCUT2D eigenvalue weighted by Crippen LogP contribution is -1.97. The summed E-state index contributed by atoms with van der Waals surface area (Å²) in [5.74, 6) is -0.406. The fraction of sp³-hybridized carbons (Fsp3) is 0.333. The summed E-state index contributed by atoms with van der Waals surface area (Å²) in [6.45, 7) is 1.49. The SMILES string of the molecule is CC(=O)CCc1cccnc1F. The monoisotopic (exact) mass is 167 g/mol. The van der Waals surface area contributed by atoms with Crippen LogP contribution in [0.3, 0.4) is 0 Å². The average Bonchev–Trinajstić information content (AvgIpc) is 2.03. The lowest BCUT2D eigenvalue weighted by molar-refractivity contribution is -0.116. The van der Waals surface area contributed by atoms with Gasteiger partial charge in [0.1, 0.15) is 5.78 Å². The zero-order valence-electron chi connectivity index (χ0n) is 6.88. The molecule has 0 spiro atoms. The van der Waals surface area contributed by atoms with Crippen LogP contribution < -0.4 is 0 Å². The minimum absolute atomic E-state index is 0.0678. The highest BCUT2D eigenvalue weighted by atomic mass is 19.1. The van der Waals surface area contributed by atoms with Crippen molar-refractivity contribution in [2.45, 2.75) is 19.8 Å². The molecule has 0 amide bonds. The lowest BCUT2D eigenvalue weighted by atomic mass is 10.1. The van der Waals surface area contributed by atoms with Crippen molar-refractivity contribution >= 4 is 5.78 Å². The van der Waals surface area contributed by atoms with Crippen molar-refractivity contribution in [2.75, 3.05) is 0 Å². The first kappa shape index (κ1) is 8.84. The van der Waals surface area contributed by atoms with E-state index in [1.54, 1.807) is 12.1 Å². The number of pyridine rings is 1. The maximum absolute atomic E-state index is 12.8. The van der Waals surface area contributed by atoms with Crippen molar-refractivity contribution in [3.63, 3.8) is 0 Å². The Morgan fingerprint density at radius 3 is 3.00 bits per heavy atom. The molecule has 0 atom stereocenters. The molecule has 0 unspecified atom stereocenters. The van der Waals surface area contributed by atoms with Gasteiger partial charge in [-0.3, -0.25) is 0 Å². The minimum Gasteiger partial charge on any atom is -0.300 e. The highest BCUT2D eigenvalue weighted by molar-refractivity contribution is 5.75. The van der Waals surface area contributed by atoms with Gasteiger partial charge in [-0.25, -0.2) is 4.98 Å². The summed E-state index contributed by atoms with van der Waals surface area (Å²) in [5.41, 5.74) is 0.507. The Kier molecular flexibility index (Phi) is 2.91. The van der Waals surface area contributed by atoms with Gasteiger partial charge in [-0.05, 0) is 19.4 Å². The third kappa shape index (κ3) is 2.42. The molecule has 1 aromatic heterocycles. The molecule has 0 fully saturated rings. The van der Waals surface area contributed by atoms with Crippen molar-refractivity contribution in [1.82, 2.24) is 4.98 Å². The summed E-state index contributed by atoms with van der Waals surface area (Å²) in [5, 5.41) is 0. The lowest BCUT2D eigenvalue weighted by Gasteiger charge is -1.98. The number of Topliss-reactive ketones (excluding diaryl/α,β-unsaturated/α-hetero) is 1. The number of carbonyl (C=O) groups excluding carboxylic acids is 1. The molecule has 0 bridgehead atoms. The summed E-state index contributed by atoms with van der Waals surface area (Å²) in [7, 11) is 0. The van der Waals surface area contributed by atoms with Gasteiger partial charge in [0, 0.05) is 18.2 Å². The first-order valence-corrected chi connectivity index (χ1v) is 3.79. The van der Waals surface area contributed by atoms with Crippen molar-refractivity contribution in [3.05, 3.63) is 29.8 Å². The molecule has 0 saturated carbocycles. The maximum Gasteiger partial charge on any atom is 0.216 e. The normalized spacial score (nSPS) is 9.83. The largest absolute Gasteiger partial charge is 0.300 e. The molecule has 0 N–H and O–H groups in total. The Labute approximate surface area is 70.4 Å². The van der Waals surface area contributed by atoms with E-state index >= 15 is 0 Å². The molecule has 1 rings (SSSR count). The van der Waals surface area contributed by atoms with E-state index in [0.717, 1.165) is 0 Å². The molecule has 0 saturated heterocycles. The number of hydrogen-bond donors (Lipinski definition) is 0. The van der Waals surface area contributed by atoms with E-state index in [1.807, 2.05) is 0 Å². The van der Waals surface area contributed by atoms with E-state index in [9.17, 15) is 9.18 Å². The van der Waals surface area contributed by atoms with Crippen LogP contribution in [0.5, 0.6) is 0 Å². The molecular weight excluding hydrogens is 157 g/mol. The van der Waals surface area contributed by atoms with Gasteiger partial charge in [-0.15, -0.1) is 0 Å². The smallest absolute Gasteiger partial charge is 0.216 e. The Morgan fingerprint density at radius 2 is 2.42 bits per heavy atom. The van der Waals surface area contributed by atoms with Gasteiger partial charge >= 0.3 is 0 Å². The van der Waals surface area contributed by atoms with Crippen molar-refractivity contribution in [1.29, 1.82) is 0 Å². The number of halogens is 1. The van der Waals surface area contributed by atoms with Crippen molar-refractivity contribution in [3.8, 4) is 0 Å². The van der Waals surface area contributed by atoms with Crippen LogP contribution >= 0.6 is 0 Å². The first-order chi connectivity index (χ1) is 5.70. The highest BCUT2D eigenvalue weighted by Crippen LogP contribution is 2.05. The van der Waals surface area contributed by atoms with E-state index in [-0.39, 0.29) is 5.78 Å². The zero-order valence-corrected chi connectivity index (χ0v) is 6.88. The van der Waals surface area contributed by atoms with E-state index in [0.29, 0.717) is 18.4 Å². The Morgan fingerprint density at radius 1 is 1.67 bits per heavy atom. The number of ketones is 1. The van der Waals surface area contributed by atoms with Gasteiger partial charge < -0.3 is 4.79 Å². The van der Waals surface area contributed by atoms with E-state index in [2.05, 4.69) is 4.98 Å². The first-order valence-electron chi connectivity index (χ1n) is 3.79. The number of carbonyl (C=O) groups is 1. The van der Waals surface area contributed by atoms with Crippen molar-refractivity contribution < 1.29 is 9.18 Å². The number of nitrogens with zero attached hydrogens (tertiary/aromatic N) is 1. The second kappa shape index (κ2) is 3.95. The van der Waals surface area contributed by atoms with Crippen molar-refractivity contribution in [2.24, 2.45) is 0 Å². The molecule has 64 valence electrons. The Hall–Kier alpha value is -1.25. The molecule has 1 heterocycles. The van der Waals surface area contributed by atoms with E-state index in [1.165, 1.54) is 13.1 Å². The number of aromatic nitrogens is 1. The molecule has 0 radical (unpaired) electrons. The summed E-state index contributed by atoms with van der Waals surface area (Å²) in [6, 6.07) is 3.31. The van der Waals surface area contributed by atoms with Crippen LogP contribution in [0.15, 0.2) is 18.3 Å². The maximum atomic E-state index is 12.8. The third-order valence-corrected chi connectivity index (χ3v) is 1.58. The predicted molar refractivity (Wildman–Crippen MR) is 43.2 cm³/mol. The van der Waals surface area contributed by atoms with Crippen LogP contribution in [0.4, 0.5) is 4.39 Å². The quantitative estimate of drug-likeness (QED) is 0.642. The topological polar surface area (TPSA) is 30.0 Å². The fourth-order valence-electron chi connectivity index (χ4n) is 0.917. The van der Waals surface area contributed by atoms with Gasteiger partial charge in [0.15, 0.2) is 0 Å². The summed E-state index contributed by atoms with van der Waals surface area (Å²) >= 11 is 0. The van der Waals surface area contributed by atoms with E-state index < -0.39 is 5.95 Å². The molecule has 3 heteroatoms. The van der Waals surface area contributed by atoms with Crippen LogP contribution in [0, 0.1) is 5.95 Å². The number of hydrogen-bond acceptors (Lipinski definition) is 2. The Balaban J connectivity index is 2.63. The third-order valence-electron chi connectivity index (χ3n) is 1.58. The molecular formula is C9H10FNO. The average molecular weight is 167 g/mol. The molecule has 0 aliphatic rings. The highest BCUT2D eigenvalue weighted by Gasteiger charge is 2.02. The van der Waals surface area contributed by atoms with E-state index in [4.69, 9.17) is 0 Å². The molecule has 0 aliphatic heterocycles. The van der Waals surface area contributed by atoms with Gasteiger partial charge in [-0.1, -0.05) is 6.07 Å². The second-order valence-corrected chi connectivity index (χ2v) is 2.66. The zero-order chi connectivity index (χ0) is 8.97. The minimum atomic E-state index is -0.473. The summed E-state index contributed by atoms with van der Waals surface area (Å²) in [4.78, 5) is 14.1. The molecule has 2 nitrogen and oxygen atoms in total.